The maximum Gasteiger partial charge on any atom is 0.336 e. The van der Waals surface area contributed by atoms with E-state index in [1.165, 1.54) is 12.1 Å². The van der Waals surface area contributed by atoms with Crippen LogP contribution in [-0.4, -0.2) is 23.3 Å². The lowest BCUT2D eigenvalue weighted by Crippen LogP contribution is -2.59. The molecule has 1 aromatic heterocycles. The lowest BCUT2D eigenvalue weighted by atomic mass is 9.87. The second-order valence-electron chi connectivity index (χ2n) is 6.87. The maximum atomic E-state index is 13.0. The van der Waals surface area contributed by atoms with Gasteiger partial charge in [0.2, 0.25) is 5.91 Å². The molecule has 6 nitrogen and oxygen atoms in total. The molecule has 130 valence electrons. The molecule has 25 heavy (non-hydrogen) atoms. The summed E-state index contributed by atoms with van der Waals surface area (Å²) in [6.45, 7) is 7.07. The van der Waals surface area contributed by atoms with Crippen molar-refractivity contribution in [2.45, 2.75) is 39.3 Å². The third-order valence-corrected chi connectivity index (χ3v) is 4.02. The number of carbonyl (C=O) groups is 2. The average Bonchev–Trinajstić information content (AvgIpc) is 2.49. The van der Waals surface area contributed by atoms with Gasteiger partial charge in [0, 0.05) is 23.6 Å². The van der Waals surface area contributed by atoms with Crippen LogP contribution in [0.1, 0.15) is 38.1 Å². The summed E-state index contributed by atoms with van der Waals surface area (Å²) in [5.41, 5.74) is 0.115. The van der Waals surface area contributed by atoms with E-state index in [-0.39, 0.29) is 11.7 Å². The monoisotopic (exact) mass is 341 g/mol. The lowest BCUT2D eigenvalue weighted by Gasteiger charge is -2.38. The molecule has 2 aromatic rings. The van der Waals surface area contributed by atoms with Crippen LogP contribution in [0.2, 0.25) is 0 Å². The Morgan fingerprint density at radius 2 is 1.92 bits per heavy atom. The average molecular weight is 341 g/mol. The first-order chi connectivity index (χ1) is 11.7. The molecule has 0 spiro atoms. The van der Waals surface area contributed by atoms with Gasteiger partial charge in [0.1, 0.15) is 23.0 Å². The number of hydrogen-bond acceptors (Lipinski definition) is 5. The number of nitrogens with one attached hydrogen (secondary N) is 1. The third-order valence-electron chi connectivity index (χ3n) is 4.02. The molecule has 0 bridgehead atoms. The van der Waals surface area contributed by atoms with Crippen molar-refractivity contribution in [3.05, 3.63) is 51.9 Å². The minimum atomic E-state index is -0.946. The summed E-state index contributed by atoms with van der Waals surface area (Å²) in [6, 6.07) is 5.22. The van der Waals surface area contributed by atoms with E-state index < -0.39 is 17.3 Å². The van der Waals surface area contributed by atoms with E-state index in [1.807, 2.05) is 0 Å². The molecule has 1 atom stereocenters. The second-order valence-corrected chi connectivity index (χ2v) is 6.87. The van der Waals surface area contributed by atoms with Crippen LogP contribution >= 0.6 is 0 Å². The van der Waals surface area contributed by atoms with Crippen LogP contribution in [0.5, 0.6) is 5.75 Å². The van der Waals surface area contributed by atoms with E-state index in [2.05, 4.69) is 5.32 Å². The SMILES string of the molecule is CC(C)=CC(=O)NC1C(=O)c2cc3ccc(=O)oc3cc2OC1(C)C. The molecule has 1 amide bonds. The molecule has 0 saturated heterocycles. The van der Waals surface area contributed by atoms with Gasteiger partial charge in [-0.05, 0) is 39.8 Å². The van der Waals surface area contributed by atoms with Gasteiger partial charge in [-0.2, -0.15) is 0 Å². The van der Waals surface area contributed by atoms with E-state index in [9.17, 15) is 14.4 Å². The van der Waals surface area contributed by atoms with Gasteiger partial charge in [-0.1, -0.05) is 5.57 Å². The van der Waals surface area contributed by atoms with Crippen LogP contribution in [-0.2, 0) is 4.79 Å². The van der Waals surface area contributed by atoms with Gasteiger partial charge in [0.15, 0.2) is 5.78 Å². The standard InChI is InChI=1S/C19H19NO5/c1-10(2)7-15(21)20-18-17(23)12-8-11-5-6-16(22)24-13(11)9-14(12)25-19(18,3)4/h5-9,18H,1-4H3,(H,20,21). The number of Topliss-reactive ketones (excluding diaryl/α,β-unsaturated/α-hetero) is 1. The van der Waals surface area contributed by atoms with Crippen molar-refractivity contribution in [1.82, 2.24) is 5.32 Å². The van der Waals surface area contributed by atoms with Crippen molar-refractivity contribution in [3.63, 3.8) is 0 Å². The van der Waals surface area contributed by atoms with E-state index in [4.69, 9.17) is 9.15 Å². The van der Waals surface area contributed by atoms with Gasteiger partial charge in [-0.3, -0.25) is 9.59 Å². The van der Waals surface area contributed by atoms with Gasteiger partial charge in [-0.15, -0.1) is 0 Å². The van der Waals surface area contributed by atoms with Crippen molar-refractivity contribution >= 4 is 22.7 Å². The molecule has 2 heterocycles. The van der Waals surface area contributed by atoms with Gasteiger partial charge in [0.25, 0.3) is 0 Å². The Morgan fingerprint density at radius 3 is 2.60 bits per heavy atom. The zero-order chi connectivity index (χ0) is 18.4. The summed E-state index contributed by atoms with van der Waals surface area (Å²) in [5.74, 6) is -0.246. The van der Waals surface area contributed by atoms with E-state index in [0.717, 1.165) is 5.57 Å². The summed E-state index contributed by atoms with van der Waals surface area (Å²) in [7, 11) is 0. The lowest BCUT2D eigenvalue weighted by molar-refractivity contribution is -0.118. The number of ether oxygens (including phenoxy) is 1. The number of carbonyl (C=O) groups excluding carboxylic acids is 2. The van der Waals surface area contributed by atoms with Gasteiger partial charge in [-0.25, -0.2) is 4.79 Å². The highest BCUT2D eigenvalue weighted by molar-refractivity contribution is 6.08. The summed E-state index contributed by atoms with van der Waals surface area (Å²) in [6.07, 6.45) is 1.44. The van der Waals surface area contributed by atoms with Gasteiger partial charge < -0.3 is 14.5 Å². The fourth-order valence-corrected chi connectivity index (χ4v) is 2.87. The number of fused-ring (bicyclic) bond motifs is 2. The fourth-order valence-electron chi connectivity index (χ4n) is 2.87. The maximum absolute atomic E-state index is 13.0. The van der Waals surface area contributed by atoms with Crippen LogP contribution in [0, 0.1) is 0 Å². The third kappa shape index (κ3) is 3.20. The largest absolute Gasteiger partial charge is 0.484 e. The first kappa shape index (κ1) is 17.0. The van der Waals surface area contributed by atoms with Crippen LogP contribution in [0.15, 0.2) is 45.1 Å². The molecule has 1 aliphatic heterocycles. The van der Waals surface area contributed by atoms with Crippen molar-refractivity contribution in [2.24, 2.45) is 0 Å². The molecule has 3 rings (SSSR count). The Labute approximate surface area is 144 Å². The molecular weight excluding hydrogens is 322 g/mol. The van der Waals surface area contributed by atoms with E-state index in [1.54, 1.807) is 45.9 Å². The first-order valence-corrected chi connectivity index (χ1v) is 7.94. The summed E-state index contributed by atoms with van der Waals surface area (Å²) in [4.78, 5) is 36.4. The number of benzene rings is 1. The van der Waals surface area contributed by atoms with Crippen LogP contribution in [0.3, 0.4) is 0 Å². The molecule has 1 unspecified atom stereocenters. The number of rotatable bonds is 2. The number of hydrogen-bond donors (Lipinski definition) is 1. The van der Waals surface area contributed by atoms with Crippen molar-refractivity contribution < 1.29 is 18.7 Å². The number of allylic oxidation sites excluding steroid dienone is 1. The Bertz CT molecular complexity index is 963. The van der Waals surface area contributed by atoms with Crippen LogP contribution < -0.4 is 15.7 Å². The molecule has 0 aliphatic carbocycles. The highest BCUT2D eigenvalue weighted by atomic mass is 16.5. The number of amides is 1. The van der Waals surface area contributed by atoms with Crippen molar-refractivity contribution in [3.8, 4) is 5.75 Å². The predicted molar refractivity (Wildman–Crippen MR) is 92.9 cm³/mol. The summed E-state index contributed by atoms with van der Waals surface area (Å²) in [5, 5.41) is 3.34. The van der Waals surface area contributed by atoms with Gasteiger partial charge in [0.05, 0.1) is 5.56 Å². The minimum absolute atomic E-state index is 0.241. The zero-order valence-corrected chi connectivity index (χ0v) is 14.5. The van der Waals surface area contributed by atoms with Gasteiger partial charge >= 0.3 is 5.63 Å². The Balaban J connectivity index is 2.05. The fraction of sp³-hybridized carbons (Fsp3) is 0.316. The second kappa shape index (κ2) is 5.88. The topological polar surface area (TPSA) is 85.6 Å². The summed E-state index contributed by atoms with van der Waals surface area (Å²) < 4.78 is 11.1. The Morgan fingerprint density at radius 1 is 1.20 bits per heavy atom. The molecule has 0 fully saturated rings. The number of ketones is 1. The van der Waals surface area contributed by atoms with Crippen molar-refractivity contribution in [2.75, 3.05) is 0 Å². The molecule has 1 aromatic carbocycles. The highest BCUT2D eigenvalue weighted by Gasteiger charge is 2.44. The van der Waals surface area contributed by atoms with Crippen LogP contribution in [0.4, 0.5) is 0 Å². The predicted octanol–water partition coefficient (Wildman–Crippen LogP) is 2.60. The van der Waals surface area contributed by atoms with E-state index >= 15 is 0 Å². The highest BCUT2D eigenvalue weighted by Crippen LogP contribution is 2.36. The first-order valence-electron chi connectivity index (χ1n) is 7.94. The summed E-state index contributed by atoms with van der Waals surface area (Å²) >= 11 is 0. The minimum Gasteiger partial charge on any atom is -0.484 e. The van der Waals surface area contributed by atoms with E-state index in [0.29, 0.717) is 22.3 Å². The smallest absolute Gasteiger partial charge is 0.336 e. The van der Waals surface area contributed by atoms with Crippen molar-refractivity contribution in [1.29, 1.82) is 0 Å². The van der Waals surface area contributed by atoms with Crippen LogP contribution in [0.25, 0.3) is 11.0 Å². The molecule has 1 N–H and O–H groups in total. The Hall–Kier alpha value is -2.89. The quantitative estimate of drug-likeness (QED) is 0.670. The molecule has 1 aliphatic rings. The molecule has 0 radical (unpaired) electrons. The zero-order valence-electron chi connectivity index (χ0n) is 14.5. The Kier molecular flexibility index (Phi) is 3.99. The molecule has 6 heteroatoms. The molecular formula is C19H19NO5. The normalized spacial score (nSPS) is 18.2. The molecule has 0 saturated carbocycles.